The molecule has 0 aliphatic carbocycles. The number of rotatable bonds is 14. The highest BCUT2D eigenvalue weighted by molar-refractivity contribution is 6.18. The van der Waals surface area contributed by atoms with Crippen LogP contribution in [0.3, 0.4) is 0 Å². The quantitative estimate of drug-likeness (QED) is 0.198. The van der Waals surface area contributed by atoms with Gasteiger partial charge in [-0.2, -0.15) is 0 Å². The zero-order valence-electron chi connectivity index (χ0n) is 17.1. The van der Waals surface area contributed by atoms with Crippen molar-refractivity contribution in [1.29, 1.82) is 0 Å². The van der Waals surface area contributed by atoms with Gasteiger partial charge in [0, 0.05) is 0 Å². The van der Waals surface area contributed by atoms with E-state index in [0.29, 0.717) is 6.42 Å². The first-order chi connectivity index (χ1) is 12.4. The van der Waals surface area contributed by atoms with Gasteiger partial charge >= 0.3 is 17.9 Å². The summed E-state index contributed by atoms with van der Waals surface area (Å²) in [5.41, 5.74) is -2.05. The van der Waals surface area contributed by atoms with Gasteiger partial charge in [0.05, 0.1) is 19.8 Å². The maximum absolute atomic E-state index is 12.7. The van der Waals surface area contributed by atoms with Crippen LogP contribution in [0.25, 0.3) is 0 Å². The fraction of sp³-hybridized carbons (Fsp3) is 0.850. The van der Waals surface area contributed by atoms with Crippen molar-refractivity contribution in [1.82, 2.24) is 0 Å². The van der Waals surface area contributed by atoms with Crippen molar-refractivity contribution in [3.63, 3.8) is 0 Å². The molecule has 0 spiro atoms. The Bertz CT molecular complexity index is 386. The fourth-order valence-corrected chi connectivity index (χ4v) is 3.04. The van der Waals surface area contributed by atoms with E-state index in [-0.39, 0.29) is 19.8 Å². The molecule has 0 saturated carbocycles. The van der Waals surface area contributed by atoms with Crippen LogP contribution in [-0.2, 0) is 28.6 Å². The van der Waals surface area contributed by atoms with Gasteiger partial charge in [0.25, 0.3) is 5.41 Å². The molecule has 0 aromatic carbocycles. The van der Waals surface area contributed by atoms with E-state index in [2.05, 4.69) is 6.92 Å². The summed E-state index contributed by atoms with van der Waals surface area (Å²) in [5.74, 6) is -3.20. The smallest absolute Gasteiger partial charge is 0.335 e. The van der Waals surface area contributed by atoms with Crippen molar-refractivity contribution in [2.75, 3.05) is 19.8 Å². The largest absolute Gasteiger partial charge is 0.465 e. The van der Waals surface area contributed by atoms with E-state index < -0.39 is 29.2 Å². The average Bonchev–Trinajstić information content (AvgIpc) is 2.59. The van der Waals surface area contributed by atoms with Crippen molar-refractivity contribution < 1.29 is 28.6 Å². The molecule has 0 rings (SSSR count). The van der Waals surface area contributed by atoms with Gasteiger partial charge in [0.1, 0.15) is 0 Å². The van der Waals surface area contributed by atoms with Gasteiger partial charge in [-0.3, -0.25) is 14.4 Å². The minimum atomic E-state index is -2.05. The lowest BCUT2D eigenvalue weighted by Crippen LogP contribution is -2.53. The van der Waals surface area contributed by atoms with Gasteiger partial charge in [-0.25, -0.2) is 0 Å². The Balaban J connectivity index is 5.39. The lowest BCUT2D eigenvalue weighted by molar-refractivity contribution is -0.188. The number of hydrogen-bond donors (Lipinski definition) is 0. The van der Waals surface area contributed by atoms with E-state index in [1.54, 1.807) is 27.7 Å². The molecule has 0 fully saturated rings. The summed E-state index contributed by atoms with van der Waals surface area (Å²) in [4.78, 5) is 38.1. The second kappa shape index (κ2) is 13.6. The van der Waals surface area contributed by atoms with Crippen molar-refractivity contribution in [2.45, 2.75) is 79.6 Å². The Morgan fingerprint density at radius 2 is 1.08 bits per heavy atom. The second-order valence-corrected chi connectivity index (χ2v) is 6.43. The van der Waals surface area contributed by atoms with Crippen LogP contribution in [-0.4, -0.2) is 37.7 Å². The molecule has 0 saturated heterocycles. The molecule has 0 heterocycles. The van der Waals surface area contributed by atoms with Crippen LogP contribution in [0.15, 0.2) is 0 Å². The fourth-order valence-electron chi connectivity index (χ4n) is 3.04. The SMILES string of the molecule is CCCCCCCCC(C)C(C(=O)OCC)(C(=O)OCC)C(=O)OCC. The van der Waals surface area contributed by atoms with Crippen LogP contribution < -0.4 is 0 Å². The van der Waals surface area contributed by atoms with Crippen molar-refractivity contribution in [3.05, 3.63) is 0 Å². The first-order valence-electron chi connectivity index (χ1n) is 9.94. The first-order valence-corrected chi connectivity index (χ1v) is 9.94. The maximum Gasteiger partial charge on any atom is 0.335 e. The molecule has 6 heteroatoms. The van der Waals surface area contributed by atoms with Crippen molar-refractivity contribution >= 4 is 17.9 Å². The maximum atomic E-state index is 12.7. The zero-order valence-corrected chi connectivity index (χ0v) is 17.1. The Hall–Kier alpha value is -1.59. The zero-order chi connectivity index (χ0) is 20.0. The number of carbonyl (C=O) groups is 3. The molecule has 6 nitrogen and oxygen atoms in total. The van der Waals surface area contributed by atoms with Crippen LogP contribution in [0.2, 0.25) is 0 Å². The third-order valence-electron chi connectivity index (χ3n) is 4.52. The normalized spacial score (nSPS) is 12.3. The van der Waals surface area contributed by atoms with Crippen LogP contribution in [0.4, 0.5) is 0 Å². The highest BCUT2D eigenvalue weighted by Gasteiger charge is 2.60. The summed E-state index contributed by atoms with van der Waals surface area (Å²) >= 11 is 0. The topological polar surface area (TPSA) is 78.9 Å². The molecule has 0 aliphatic heterocycles. The molecule has 0 aromatic heterocycles. The van der Waals surface area contributed by atoms with Gasteiger partial charge in [-0.15, -0.1) is 0 Å². The second-order valence-electron chi connectivity index (χ2n) is 6.43. The monoisotopic (exact) mass is 372 g/mol. The summed E-state index contributed by atoms with van der Waals surface area (Å²) < 4.78 is 15.2. The van der Waals surface area contributed by atoms with E-state index in [1.165, 1.54) is 19.3 Å². The van der Waals surface area contributed by atoms with E-state index in [0.717, 1.165) is 19.3 Å². The molecular formula is C20H36O6. The van der Waals surface area contributed by atoms with Crippen LogP contribution >= 0.6 is 0 Å². The Labute approximate surface area is 157 Å². The molecule has 0 N–H and O–H groups in total. The minimum absolute atomic E-state index is 0.0726. The summed E-state index contributed by atoms with van der Waals surface area (Å²) in [5, 5.41) is 0. The summed E-state index contributed by atoms with van der Waals surface area (Å²) in [7, 11) is 0. The number of ether oxygens (including phenoxy) is 3. The van der Waals surface area contributed by atoms with Gasteiger partial charge in [0.15, 0.2) is 0 Å². The molecule has 0 bridgehead atoms. The van der Waals surface area contributed by atoms with Crippen LogP contribution in [0.1, 0.15) is 79.6 Å². The van der Waals surface area contributed by atoms with E-state index in [1.807, 2.05) is 0 Å². The minimum Gasteiger partial charge on any atom is -0.465 e. The third-order valence-corrected chi connectivity index (χ3v) is 4.52. The first kappa shape index (κ1) is 24.4. The van der Waals surface area contributed by atoms with Gasteiger partial charge < -0.3 is 14.2 Å². The van der Waals surface area contributed by atoms with E-state index >= 15 is 0 Å². The Morgan fingerprint density at radius 3 is 1.46 bits per heavy atom. The molecule has 152 valence electrons. The Kier molecular flexibility index (Phi) is 12.8. The van der Waals surface area contributed by atoms with E-state index in [4.69, 9.17) is 14.2 Å². The van der Waals surface area contributed by atoms with Crippen LogP contribution in [0.5, 0.6) is 0 Å². The Morgan fingerprint density at radius 1 is 0.692 bits per heavy atom. The standard InChI is InChI=1S/C20H36O6/c1-6-10-11-12-13-14-15-16(5)20(17(21)24-7-2,18(22)25-8-3)19(23)26-9-4/h16H,6-15H2,1-5H3. The van der Waals surface area contributed by atoms with Crippen LogP contribution in [0, 0.1) is 11.3 Å². The molecule has 0 aromatic rings. The number of esters is 3. The molecule has 1 atom stereocenters. The summed E-state index contributed by atoms with van der Waals surface area (Å²) in [6.45, 7) is 9.01. The highest BCUT2D eigenvalue weighted by Crippen LogP contribution is 2.36. The number of carbonyl (C=O) groups excluding carboxylic acids is 3. The predicted molar refractivity (Wildman–Crippen MR) is 99.5 cm³/mol. The van der Waals surface area contributed by atoms with Gasteiger partial charge in [-0.1, -0.05) is 52.4 Å². The highest BCUT2D eigenvalue weighted by atomic mass is 16.6. The average molecular weight is 373 g/mol. The number of hydrogen-bond acceptors (Lipinski definition) is 6. The lowest BCUT2D eigenvalue weighted by Gasteiger charge is -2.32. The summed E-state index contributed by atoms with van der Waals surface area (Å²) in [6, 6.07) is 0. The summed E-state index contributed by atoms with van der Waals surface area (Å²) in [6.07, 6.45) is 7.01. The van der Waals surface area contributed by atoms with Gasteiger partial charge in [-0.05, 0) is 33.1 Å². The molecule has 0 aliphatic rings. The molecule has 26 heavy (non-hydrogen) atoms. The molecule has 0 amide bonds. The van der Waals surface area contributed by atoms with Gasteiger partial charge in [0.2, 0.25) is 0 Å². The molecule has 0 radical (unpaired) electrons. The number of unbranched alkanes of at least 4 members (excludes halogenated alkanes) is 5. The van der Waals surface area contributed by atoms with Crippen molar-refractivity contribution in [2.24, 2.45) is 11.3 Å². The lowest BCUT2D eigenvalue weighted by atomic mass is 9.73. The van der Waals surface area contributed by atoms with Crippen molar-refractivity contribution in [3.8, 4) is 0 Å². The third kappa shape index (κ3) is 6.61. The predicted octanol–water partition coefficient (Wildman–Crippen LogP) is 4.05. The molecule has 1 unspecified atom stereocenters. The van der Waals surface area contributed by atoms with E-state index in [9.17, 15) is 14.4 Å². The molecular weight excluding hydrogens is 336 g/mol.